The standard InChI is InChI=1S/C24H30FN3O3/c1-24(2,3)31-23(30)27-21-19-12-17(9-8-16(19)13-20(21)29)22(26-4)28(5)14-15-6-10-18(25)11-7-15/h6-12,20-21,29H,13-14H2,1-5H3,(H,27,30)/p+1/t20-,21?/m1/s1. The van der Waals surface area contributed by atoms with E-state index in [1.165, 1.54) is 12.1 Å². The summed E-state index contributed by atoms with van der Waals surface area (Å²) in [5.74, 6) is 0.620. The summed E-state index contributed by atoms with van der Waals surface area (Å²) >= 11 is 0. The van der Waals surface area contributed by atoms with Gasteiger partial charge in [0.15, 0.2) is 0 Å². The maximum atomic E-state index is 13.2. The highest BCUT2D eigenvalue weighted by molar-refractivity contribution is 5.95. The molecule has 166 valence electrons. The van der Waals surface area contributed by atoms with Crippen molar-refractivity contribution in [1.82, 2.24) is 10.6 Å². The number of halogens is 1. The van der Waals surface area contributed by atoms with E-state index in [1.54, 1.807) is 32.9 Å². The maximum absolute atomic E-state index is 13.2. The van der Waals surface area contributed by atoms with E-state index in [1.807, 2.05) is 36.9 Å². The number of nitrogens with zero attached hydrogens (tertiary/aromatic N) is 1. The van der Waals surface area contributed by atoms with Gasteiger partial charge in [0.2, 0.25) is 0 Å². The van der Waals surface area contributed by atoms with E-state index < -0.39 is 23.8 Å². The lowest BCUT2D eigenvalue weighted by molar-refractivity contribution is -0.515. The van der Waals surface area contributed by atoms with Crippen LogP contribution in [-0.2, 0) is 17.7 Å². The van der Waals surface area contributed by atoms with Crippen molar-refractivity contribution in [1.29, 1.82) is 0 Å². The molecule has 0 aliphatic heterocycles. The van der Waals surface area contributed by atoms with Crippen LogP contribution in [0.5, 0.6) is 0 Å². The summed E-state index contributed by atoms with van der Waals surface area (Å²) < 4.78 is 20.6. The predicted molar refractivity (Wildman–Crippen MR) is 118 cm³/mol. The first-order valence-corrected chi connectivity index (χ1v) is 10.4. The molecule has 3 N–H and O–H groups in total. The first-order chi connectivity index (χ1) is 14.6. The number of amides is 1. The molecule has 1 unspecified atom stereocenters. The number of carbonyl (C=O) groups is 1. The number of hydrogen-bond donors (Lipinski definition) is 3. The van der Waals surface area contributed by atoms with Crippen LogP contribution in [0.4, 0.5) is 9.18 Å². The number of aliphatic hydroxyl groups is 1. The lowest BCUT2D eigenvalue weighted by Crippen LogP contribution is -2.38. The number of amidine groups is 1. The lowest BCUT2D eigenvalue weighted by atomic mass is 10.0. The molecular formula is C24H31FN3O3+. The molecule has 2 atom stereocenters. The second kappa shape index (κ2) is 9.06. The zero-order valence-electron chi connectivity index (χ0n) is 18.7. The van der Waals surface area contributed by atoms with Crippen LogP contribution >= 0.6 is 0 Å². The van der Waals surface area contributed by atoms with Gasteiger partial charge in [0.1, 0.15) is 18.0 Å². The molecule has 0 aromatic heterocycles. The van der Waals surface area contributed by atoms with Crippen molar-refractivity contribution in [2.75, 3.05) is 14.1 Å². The summed E-state index contributed by atoms with van der Waals surface area (Å²) in [7, 11) is 3.79. The van der Waals surface area contributed by atoms with Crippen LogP contribution in [0, 0.1) is 5.82 Å². The van der Waals surface area contributed by atoms with E-state index in [0.717, 1.165) is 28.1 Å². The van der Waals surface area contributed by atoms with Crippen LogP contribution in [0.2, 0.25) is 0 Å². The highest BCUT2D eigenvalue weighted by Gasteiger charge is 2.34. The lowest BCUT2D eigenvalue weighted by Gasteiger charge is -2.23. The molecule has 3 rings (SSSR count). The third-order valence-corrected chi connectivity index (χ3v) is 5.19. The normalized spacial score (nSPS) is 18.8. The molecular weight excluding hydrogens is 397 g/mol. The van der Waals surface area contributed by atoms with Crippen LogP contribution in [0.25, 0.3) is 0 Å². The van der Waals surface area contributed by atoms with Crippen molar-refractivity contribution < 1.29 is 23.6 Å². The van der Waals surface area contributed by atoms with Gasteiger partial charge in [-0.2, -0.15) is 0 Å². The molecule has 0 radical (unpaired) electrons. The number of nitrogens with one attached hydrogen (secondary N) is 2. The Morgan fingerprint density at radius 2 is 1.90 bits per heavy atom. The molecule has 0 fully saturated rings. The number of fused-ring (bicyclic) bond motifs is 1. The van der Waals surface area contributed by atoms with Crippen LogP contribution in [-0.4, -0.2) is 47.4 Å². The van der Waals surface area contributed by atoms with E-state index in [0.29, 0.717) is 13.0 Å². The van der Waals surface area contributed by atoms with E-state index in [9.17, 15) is 14.3 Å². The monoisotopic (exact) mass is 428 g/mol. The van der Waals surface area contributed by atoms with E-state index >= 15 is 0 Å². The van der Waals surface area contributed by atoms with Gasteiger partial charge in [-0.1, -0.05) is 18.2 Å². The third kappa shape index (κ3) is 5.61. The summed E-state index contributed by atoms with van der Waals surface area (Å²) in [5, 5.41) is 16.6. The minimum Gasteiger partial charge on any atom is -0.444 e. The molecule has 2 aromatic rings. The minimum absolute atomic E-state index is 0.259. The van der Waals surface area contributed by atoms with Crippen molar-refractivity contribution in [3.05, 3.63) is 70.5 Å². The summed E-state index contributed by atoms with van der Waals surface area (Å²) in [5.41, 5.74) is 3.16. The van der Waals surface area contributed by atoms with E-state index in [4.69, 9.17) is 4.74 Å². The number of hydrogen-bond acceptors (Lipinski definition) is 3. The van der Waals surface area contributed by atoms with Gasteiger partial charge in [-0.15, -0.1) is 0 Å². The average molecular weight is 429 g/mol. The maximum Gasteiger partial charge on any atom is 0.408 e. The molecule has 0 saturated carbocycles. The smallest absolute Gasteiger partial charge is 0.408 e. The molecule has 31 heavy (non-hydrogen) atoms. The Morgan fingerprint density at radius 3 is 2.52 bits per heavy atom. The summed E-state index contributed by atoms with van der Waals surface area (Å²) in [6.07, 6.45) is -0.801. The molecule has 6 nitrogen and oxygen atoms in total. The average Bonchev–Trinajstić information content (AvgIpc) is 2.98. The first-order valence-electron chi connectivity index (χ1n) is 10.4. The molecule has 0 bridgehead atoms. The van der Waals surface area contributed by atoms with Gasteiger partial charge in [-0.05, 0) is 61.7 Å². The zero-order chi connectivity index (χ0) is 22.8. The molecule has 0 spiro atoms. The predicted octanol–water partition coefficient (Wildman–Crippen LogP) is 3.12. The Kier molecular flexibility index (Phi) is 6.65. The molecule has 7 heteroatoms. The third-order valence-electron chi connectivity index (χ3n) is 5.19. The van der Waals surface area contributed by atoms with Crippen molar-refractivity contribution in [2.45, 2.75) is 51.5 Å². The summed E-state index contributed by atoms with van der Waals surface area (Å²) in [6, 6.07) is 11.9. The van der Waals surface area contributed by atoms with E-state index in [2.05, 4.69) is 10.6 Å². The number of benzene rings is 2. The summed E-state index contributed by atoms with van der Waals surface area (Å²) in [6.45, 7) is 5.99. The van der Waals surface area contributed by atoms with E-state index in [-0.39, 0.29) is 5.82 Å². The summed E-state index contributed by atoms with van der Waals surface area (Å²) in [4.78, 5) is 12.3. The highest BCUT2D eigenvalue weighted by atomic mass is 19.1. The Labute approximate surface area is 182 Å². The van der Waals surface area contributed by atoms with Crippen molar-refractivity contribution in [2.24, 2.45) is 0 Å². The molecule has 0 heterocycles. The second-order valence-corrected chi connectivity index (χ2v) is 8.89. The largest absolute Gasteiger partial charge is 0.444 e. The van der Waals surface area contributed by atoms with Gasteiger partial charge >= 0.3 is 6.09 Å². The second-order valence-electron chi connectivity index (χ2n) is 8.89. The fourth-order valence-corrected chi connectivity index (χ4v) is 3.87. The molecule has 0 saturated heterocycles. The Hall–Kier alpha value is -2.93. The quantitative estimate of drug-likeness (QED) is 0.398. The molecule has 2 aromatic carbocycles. The Balaban J connectivity index is 1.87. The van der Waals surface area contributed by atoms with Gasteiger partial charge in [0.25, 0.3) is 5.84 Å². The van der Waals surface area contributed by atoms with Crippen molar-refractivity contribution in [3.8, 4) is 0 Å². The van der Waals surface area contributed by atoms with Gasteiger partial charge in [-0.3, -0.25) is 9.89 Å². The van der Waals surface area contributed by atoms with Gasteiger partial charge < -0.3 is 15.2 Å². The first kappa shape index (κ1) is 22.7. The molecule has 1 aliphatic rings. The van der Waals surface area contributed by atoms with Gasteiger partial charge in [-0.25, -0.2) is 9.18 Å². The van der Waals surface area contributed by atoms with Crippen LogP contribution < -0.4 is 10.6 Å². The van der Waals surface area contributed by atoms with Crippen LogP contribution in [0.1, 0.15) is 49.1 Å². The SMILES string of the molecule is CNC(c1ccc2c(c1)C(NC(=O)OC(C)(C)C)[C@H](O)C2)=[N+](C)Cc1ccc(F)cc1. The molecule has 1 amide bonds. The molecule has 1 aliphatic carbocycles. The number of ether oxygens (including phenoxy) is 1. The Morgan fingerprint density at radius 1 is 1.23 bits per heavy atom. The Bertz CT molecular complexity index is 981. The van der Waals surface area contributed by atoms with Crippen molar-refractivity contribution in [3.63, 3.8) is 0 Å². The number of rotatable bonds is 4. The zero-order valence-corrected chi connectivity index (χ0v) is 18.7. The van der Waals surface area contributed by atoms with Crippen LogP contribution in [0.3, 0.4) is 0 Å². The number of carbonyl (C=O) groups excluding carboxylic acids is 1. The van der Waals surface area contributed by atoms with Crippen molar-refractivity contribution >= 4 is 11.9 Å². The van der Waals surface area contributed by atoms with Crippen LogP contribution in [0.15, 0.2) is 42.5 Å². The van der Waals surface area contributed by atoms with Gasteiger partial charge in [0.05, 0.1) is 31.8 Å². The minimum atomic E-state index is -0.715. The fraction of sp³-hybridized carbons (Fsp3) is 0.417. The number of aliphatic hydroxyl groups excluding tert-OH is 1. The topological polar surface area (TPSA) is 73.6 Å². The highest BCUT2D eigenvalue weighted by Crippen LogP contribution is 2.32. The van der Waals surface area contributed by atoms with Gasteiger partial charge in [0, 0.05) is 6.42 Å². The fourth-order valence-electron chi connectivity index (χ4n) is 3.87. The number of alkyl carbamates (subject to hydrolysis) is 1.